The Morgan fingerprint density at radius 3 is 2.83 bits per heavy atom. The molecule has 0 amide bonds. The Morgan fingerprint density at radius 2 is 2.21 bits per heavy atom. The summed E-state index contributed by atoms with van der Waals surface area (Å²) in [6.45, 7) is 9.27. The topological polar surface area (TPSA) is 60.8 Å². The van der Waals surface area contributed by atoms with Gasteiger partial charge < -0.3 is 10.6 Å². The molecule has 0 spiro atoms. The van der Waals surface area contributed by atoms with Crippen molar-refractivity contribution in [2.75, 3.05) is 18.4 Å². The van der Waals surface area contributed by atoms with Crippen LogP contribution in [-0.4, -0.2) is 34.3 Å². The number of nitrogens with one attached hydrogen (secondary N) is 3. The Morgan fingerprint density at radius 1 is 1.46 bits per heavy atom. The monoisotopic (exact) mass is 361 g/mol. The lowest BCUT2D eigenvalue weighted by molar-refractivity contribution is 0.843. The standard InChI is InChI=1S/C17H23N5S2/c1-4-10-18-16(23)22-21-12(3)13-6-8-14(9-7-13)20-17-19-11-15(5-2)24-17/h4,6-9,15H,1,5,10-11H2,2-3H3,(H,19,20)(H2,18,22,23)/b21-12-/t15-/m1/s1. The maximum atomic E-state index is 5.11. The van der Waals surface area contributed by atoms with Crippen molar-refractivity contribution in [2.24, 2.45) is 10.1 Å². The third-order valence-electron chi connectivity index (χ3n) is 3.46. The first-order chi connectivity index (χ1) is 11.6. The van der Waals surface area contributed by atoms with Crippen LogP contribution in [0.4, 0.5) is 5.69 Å². The average molecular weight is 362 g/mol. The van der Waals surface area contributed by atoms with Gasteiger partial charge in [-0.25, -0.2) is 0 Å². The van der Waals surface area contributed by atoms with Gasteiger partial charge in [0, 0.05) is 17.5 Å². The zero-order valence-electron chi connectivity index (χ0n) is 14.0. The van der Waals surface area contributed by atoms with Gasteiger partial charge in [-0.2, -0.15) is 5.10 Å². The average Bonchev–Trinajstić information content (AvgIpc) is 3.06. The van der Waals surface area contributed by atoms with Gasteiger partial charge in [-0.1, -0.05) is 36.9 Å². The van der Waals surface area contributed by atoms with E-state index < -0.39 is 0 Å². The van der Waals surface area contributed by atoms with Gasteiger partial charge in [-0.3, -0.25) is 10.4 Å². The second kappa shape index (κ2) is 9.44. The van der Waals surface area contributed by atoms with Crippen LogP contribution >= 0.6 is 24.0 Å². The van der Waals surface area contributed by atoms with Crippen LogP contribution < -0.4 is 16.1 Å². The van der Waals surface area contributed by atoms with Crippen LogP contribution in [0.3, 0.4) is 0 Å². The second-order valence-corrected chi connectivity index (χ2v) is 7.00. The number of hydrogen-bond donors (Lipinski definition) is 3. The molecule has 1 aliphatic heterocycles. The quantitative estimate of drug-likeness (QED) is 0.314. The van der Waals surface area contributed by atoms with Gasteiger partial charge in [-0.05, 0) is 43.3 Å². The number of aliphatic imine (C=N–C) groups is 1. The van der Waals surface area contributed by atoms with Crippen LogP contribution in [0.5, 0.6) is 0 Å². The van der Waals surface area contributed by atoms with Crippen molar-refractivity contribution in [2.45, 2.75) is 25.5 Å². The molecule has 0 bridgehead atoms. The maximum Gasteiger partial charge on any atom is 0.187 e. The minimum Gasteiger partial charge on any atom is -0.358 e. The minimum atomic E-state index is 0.481. The highest BCUT2D eigenvalue weighted by molar-refractivity contribution is 8.15. The molecule has 128 valence electrons. The van der Waals surface area contributed by atoms with Gasteiger partial charge >= 0.3 is 0 Å². The molecule has 0 saturated heterocycles. The van der Waals surface area contributed by atoms with Crippen LogP contribution in [0, 0.1) is 0 Å². The summed E-state index contributed by atoms with van der Waals surface area (Å²) in [4.78, 5) is 4.52. The van der Waals surface area contributed by atoms with Gasteiger partial charge in [0.15, 0.2) is 10.3 Å². The number of thiocarbonyl (C=S) groups is 1. The molecule has 0 unspecified atom stereocenters. The molecule has 7 heteroatoms. The van der Waals surface area contributed by atoms with Crippen LogP contribution in [0.1, 0.15) is 25.8 Å². The van der Waals surface area contributed by atoms with Crippen LogP contribution in [0.2, 0.25) is 0 Å². The molecule has 0 aliphatic carbocycles. The van der Waals surface area contributed by atoms with E-state index in [2.05, 4.69) is 39.7 Å². The molecular weight excluding hydrogens is 338 g/mol. The Bertz CT molecular complexity index is 637. The normalized spacial score (nSPS) is 17.2. The zero-order valence-corrected chi connectivity index (χ0v) is 15.6. The molecule has 3 N–H and O–H groups in total. The number of benzene rings is 1. The molecule has 1 aromatic carbocycles. The lowest BCUT2D eigenvalue weighted by atomic mass is 10.1. The Balaban J connectivity index is 1.89. The van der Waals surface area contributed by atoms with Gasteiger partial charge in [0.05, 0.1) is 12.3 Å². The molecular formula is C17H23N5S2. The predicted octanol–water partition coefficient (Wildman–Crippen LogP) is 3.35. The van der Waals surface area contributed by atoms with Crippen LogP contribution in [0.25, 0.3) is 0 Å². The maximum absolute atomic E-state index is 5.11. The summed E-state index contributed by atoms with van der Waals surface area (Å²) in [5.41, 5.74) is 5.75. The first kappa shape index (κ1) is 18.5. The molecule has 1 aliphatic rings. The van der Waals surface area contributed by atoms with E-state index >= 15 is 0 Å². The third kappa shape index (κ3) is 5.65. The summed E-state index contributed by atoms with van der Waals surface area (Å²) in [7, 11) is 0. The number of thioether (sulfide) groups is 1. The van der Waals surface area contributed by atoms with Crippen molar-refractivity contribution in [3.63, 3.8) is 0 Å². The molecule has 5 nitrogen and oxygen atoms in total. The van der Waals surface area contributed by atoms with Crippen molar-refractivity contribution in [3.8, 4) is 0 Å². The van der Waals surface area contributed by atoms with E-state index in [1.165, 1.54) is 0 Å². The van der Waals surface area contributed by atoms with Gasteiger partial charge in [0.1, 0.15) is 0 Å². The molecule has 0 aromatic heterocycles. The summed E-state index contributed by atoms with van der Waals surface area (Å²) < 4.78 is 0. The lowest BCUT2D eigenvalue weighted by Crippen LogP contribution is -2.32. The molecule has 0 radical (unpaired) electrons. The van der Waals surface area contributed by atoms with Crippen molar-refractivity contribution >= 4 is 45.7 Å². The SMILES string of the molecule is C=CCNC(=S)N/N=C(/C)c1ccc(NC2=NC[C@@H](CC)S2)cc1. The smallest absolute Gasteiger partial charge is 0.187 e. The second-order valence-electron chi connectivity index (χ2n) is 5.30. The number of amidine groups is 1. The molecule has 1 heterocycles. The molecule has 2 rings (SSSR count). The van der Waals surface area contributed by atoms with Crippen LogP contribution in [0.15, 0.2) is 47.0 Å². The number of hydrogen-bond acceptors (Lipinski definition) is 5. The van der Waals surface area contributed by atoms with Crippen molar-refractivity contribution in [1.82, 2.24) is 10.7 Å². The minimum absolute atomic E-state index is 0.481. The number of anilines is 1. The van der Waals surface area contributed by atoms with E-state index in [0.717, 1.165) is 35.1 Å². The van der Waals surface area contributed by atoms with Crippen LogP contribution in [-0.2, 0) is 0 Å². The highest BCUT2D eigenvalue weighted by atomic mass is 32.2. The van der Waals surface area contributed by atoms with E-state index in [-0.39, 0.29) is 0 Å². The van der Waals surface area contributed by atoms with Gasteiger partial charge in [0.2, 0.25) is 0 Å². The molecule has 0 saturated carbocycles. The van der Waals surface area contributed by atoms with Gasteiger partial charge in [0.25, 0.3) is 0 Å². The molecule has 0 fully saturated rings. The highest BCUT2D eigenvalue weighted by Gasteiger charge is 2.17. The fourth-order valence-corrected chi connectivity index (χ4v) is 3.11. The predicted molar refractivity (Wildman–Crippen MR) is 110 cm³/mol. The first-order valence-corrected chi connectivity index (χ1v) is 9.18. The largest absolute Gasteiger partial charge is 0.358 e. The molecule has 1 atom stereocenters. The van der Waals surface area contributed by atoms with E-state index in [1.54, 1.807) is 6.08 Å². The van der Waals surface area contributed by atoms with E-state index in [4.69, 9.17) is 12.2 Å². The van der Waals surface area contributed by atoms with Crippen molar-refractivity contribution < 1.29 is 0 Å². The van der Waals surface area contributed by atoms with E-state index in [0.29, 0.717) is 16.9 Å². The number of nitrogens with zero attached hydrogens (tertiary/aromatic N) is 2. The lowest BCUT2D eigenvalue weighted by Gasteiger charge is -2.09. The molecule has 24 heavy (non-hydrogen) atoms. The Labute approximate surface area is 153 Å². The number of rotatable bonds is 6. The Hall–Kier alpha value is -1.86. The Kier molecular flexibility index (Phi) is 7.27. The summed E-state index contributed by atoms with van der Waals surface area (Å²) in [5, 5.41) is 12.7. The molecule has 1 aromatic rings. The number of hydrazone groups is 1. The fraction of sp³-hybridized carbons (Fsp3) is 0.353. The third-order valence-corrected chi connectivity index (χ3v) is 4.96. The van der Waals surface area contributed by atoms with E-state index in [9.17, 15) is 0 Å². The van der Waals surface area contributed by atoms with Crippen molar-refractivity contribution in [3.05, 3.63) is 42.5 Å². The summed E-state index contributed by atoms with van der Waals surface area (Å²) in [6.07, 6.45) is 2.89. The summed E-state index contributed by atoms with van der Waals surface area (Å²) in [5.74, 6) is 0. The summed E-state index contributed by atoms with van der Waals surface area (Å²) >= 11 is 6.92. The summed E-state index contributed by atoms with van der Waals surface area (Å²) in [6, 6.07) is 8.12. The van der Waals surface area contributed by atoms with E-state index in [1.807, 2.05) is 43.0 Å². The highest BCUT2D eigenvalue weighted by Crippen LogP contribution is 2.24. The van der Waals surface area contributed by atoms with Crippen molar-refractivity contribution in [1.29, 1.82) is 0 Å². The fourth-order valence-electron chi connectivity index (χ4n) is 2.02. The van der Waals surface area contributed by atoms with Gasteiger partial charge in [-0.15, -0.1) is 6.58 Å². The first-order valence-electron chi connectivity index (χ1n) is 7.90. The zero-order chi connectivity index (χ0) is 17.4.